The number of hydrogen-bond acceptors (Lipinski definition) is 3. The Balaban J connectivity index is 2.46. The predicted octanol–water partition coefficient (Wildman–Crippen LogP) is 2.98. The number of aromatic nitrogens is 1. The topological polar surface area (TPSA) is 24.9 Å². The van der Waals surface area contributed by atoms with Crippen LogP contribution in [0, 0.1) is 12.7 Å². The fourth-order valence-corrected chi connectivity index (χ4v) is 2.54. The molecule has 16 heavy (non-hydrogen) atoms. The summed E-state index contributed by atoms with van der Waals surface area (Å²) >= 11 is 1.60. The van der Waals surface area contributed by atoms with Crippen molar-refractivity contribution in [3.63, 3.8) is 0 Å². The molecule has 84 valence electrons. The summed E-state index contributed by atoms with van der Waals surface area (Å²) in [5.41, 5.74) is 1.88. The minimum Gasteiger partial charge on any atom is -0.314 e. The zero-order valence-electron chi connectivity index (χ0n) is 9.25. The maximum Gasteiger partial charge on any atom is 0.123 e. The lowest BCUT2D eigenvalue weighted by atomic mass is 10.1. The lowest BCUT2D eigenvalue weighted by Crippen LogP contribution is -2.06. The molecule has 2 nitrogen and oxygen atoms in total. The maximum absolute atomic E-state index is 13.1. The second-order valence-electron chi connectivity index (χ2n) is 3.55. The van der Waals surface area contributed by atoms with Gasteiger partial charge in [0.05, 0.1) is 15.6 Å². The molecule has 0 unspecified atom stereocenters. The highest BCUT2D eigenvalue weighted by atomic mass is 32.1. The average Bonchev–Trinajstić information content (AvgIpc) is 2.60. The zero-order valence-corrected chi connectivity index (χ0v) is 10.1. The number of benzene rings is 1. The van der Waals surface area contributed by atoms with Gasteiger partial charge in [-0.1, -0.05) is 12.1 Å². The molecule has 1 aromatic heterocycles. The van der Waals surface area contributed by atoms with Gasteiger partial charge in [0.2, 0.25) is 0 Å². The zero-order chi connectivity index (χ0) is 11.5. The SMILES string of the molecule is CNCc1nc(C)sc1-c1cccc(F)c1. The van der Waals surface area contributed by atoms with E-state index in [9.17, 15) is 4.39 Å². The molecule has 0 saturated carbocycles. The Labute approximate surface area is 98.2 Å². The molecule has 0 amide bonds. The standard InChI is InChI=1S/C12H13FN2S/c1-8-15-11(7-14-2)12(16-8)9-4-3-5-10(13)6-9/h3-6,14H,7H2,1-2H3. The Morgan fingerprint density at radius 1 is 1.44 bits per heavy atom. The van der Waals surface area contributed by atoms with E-state index < -0.39 is 0 Å². The Hall–Kier alpha value is -1.26. The van der Waals surface area contributed by atoms with Crippen molar-refractivity contribution in [2.75, 3.05) is 7.05 Å². The third-order valence-electron chi connectivity index (χ3n) is 2.24. The van der Waals surface area contributed by atoms with Gasteiger partial charge in [-0.2, -0.15) is 0 Å². The summed E-state index contributed by atoms with van der Waals surface area (Å²) in [5.74, 6) is -0.209. The van der Waals surface area contributed by atoms with Gasteiger partial charge >= 0.3 is 0 Å². The van der Waals surface area contributed by atoms with E-state index in [-0.39, 0.29) is 5.82 Å². The van der Waals surface area contributed by atoms with E-state index in [1.54, 1.807) is 23.5 Å². The molecule has 0 atom stereocenters. The van der Waals surface area contributed by atoms with Gasteiger partial charge in [0, 0.05) is 6.54 Å². The molecule has 0 aliphatic heterocycles. The summed E-state index contributed by atoms with van der Waals surface area (Å²) in [6.07, 6.45) is 0. The van der Waals surface area contributed by atoms with Crippen molar-refractivity contribution in [2.45, 2.75) is 13.5 Å². The van der Waals surface area contributed by atoms with Crippen LogP contribution in [0.3, 0.4) is 0 Å². The smallest absolute Gasteiger partial charge is 0.123 e. The minimum atomic E-state index is -0.209. The second-order valence-corrected chi connectivity index (χ2v) is 4.75. The molecule has 0 saturated heterocycles. The van der Waals surface area contributed by atoms with Crippen LogP contribution >= 0.6 is 11.3 Å². The second kappa shape index (κ2) is 4.72. The molecule has 1 N–H and O–H groups in total. The quantitative estimate of drug-likeness (QED) is 0.886. The van der Waals surface area contributed by atoms with E-state index in [4.69, 9.17) is 0 Å². The van der Waals surface area contributed by atoms with Gasteiger partial charge in [-0.05, 0) is 31.7 Å². The minimum absolute atomic E-state index is 0.209. The highest BCUT2D eigenvalue weighted by Crippen LogP contribution is 2.30. The van der Waals surface area contributed by atoms with Gasteiger partial charge < -0.3 is 5.32 Å². The Kier molecular flexibility index (Phi) is 3.31. The van der Waals surface area contributed by atoms with Gasteiger partial charge in [0.25, 0.3) is 0 Å². The van der Waals surface area contributed by atoms with Gasteiger partial charge in [-0.25, -0.2) is 9.37 Å². The Bertz CT molecular complexity index is 494. The maximum atomic E-state index is 13.1. The van der Waals surface area contributed by atoms with E-state index in [0.29, 0.717) is 6.54 Å². The van der Waals surface area contributed by atoms with Crippen LogP contribution in [0.2, 0.25) is 0 Å². The summed E-state index contributed by atoms with van der Waals surface area (Å²) in [6.45, 7) is 2.67. The highest BCUT2D eigenvalue weighted by Gasteiger charge is 2.10. The number of halogens is 1. The van der Waals surface area contributed by atoms with Crippen LogP contribution in [-0.2, 0) is 6.54 Å². The van der Waals surface area contributed by atoms with Crippen LogP contribution in [0.25, 0.3) is 10.4 Å². The number of rotatable bonds is 3. The van der Waals surface area contributed by atoms with Crippen LogP contribution in [0.5, 0.6) is 0 Å². The molecule has 0 fully saturated rings. The third kappa shape index (κ3) is 2.28. The molecule has 2 rings (SSSR count). The molecule has 1 aromatic carbocycles. The molecule has 0 spiro atoms. The summed E-state index contributed by atoms with van der Waals surface area (Å²) in [5, 5.41) is 4.08. The van der Waals surface area contributed by atoms with Crippen LogP contribution in [0.1, 0.15) is 10.7 Å². The van der Waals surface area contributed by atoms with E-state index in [1.807, 2.05) is 20.0 Å². The number of nitrogens with one attached hydrogen (secondary N) is 1. The summed E-state index contributed by atoms with van der Waals surface area (Å²) in [4.78, 5) is 5.49. The lowest BCUT2D eigenvalue weighted by molar-refractivity contribution is 0.628. The molecule has 0 aliphatic carbocycles. The normalized spacial score (nSPS) is 10.7. The predicted molar refractivity (Wildman–Crippen MR) is 65.0 cm³/mol. The van der Waals surface area contributed by atoms with E-state index >= 15 is 0 Å². The first-order valence-electron chi connectivity index (χ1n) is 5.07. The molecular formula is C12H13FN2S. The van der Waals surface area contributed by atoms with Crippen molar-refractivity contribution < 1.29 is 4.39 Å². The molecule has 2 aromatic rings. The van der Waals surface area contributed by atoms with E-state index in [0.717, 1.165) is 21.1 Å². The monoisotopic (exact) mass is 236 g/mol. The van der Waals surface area contributed by atoms with Crippen LogP contribution < -0.4 is 5.32 Å². The van der Waals surface area contributed by atoms with Crippen LogP contribution in [0.4, 0.5) is 4.39 Å². The molecule has 1 heterocycles. The van der Waals surface area contributed by atoms with Crippen LogP contribution in [-0.4, -0.2) is 12.0 Å². The van der Waals surface area contributed by atoms with Crippen LogP contribution in [0.15, 0.2) is 24.3 Å². The Morgan fingerprint density at radius 2 is 2.25 bits per heavy atom. The first-order valence-corrected chi connectivity index (χ1v) is 5.89. The number of aryl methyl sites for hydroxylation is 1. The first-order chi connectivity index (χ1) is 7.70. The number of nitrogens with zero attached hydrogens (tertiary/aromatic N) is 1. The number of thiazole rings is 1. The average molecular weight is 236 g/mol. The summed E-state index contributed by atoms with van der Waals surface area (Å²) in [6, 6.07) is 6.64. The molecule has 0 aliphatic rings. The van der Waals surface area contributed by atoms with Gasteiger partial charge in [-0.15, -0.1) is 11.3 Å². The van der Waals surface area contributed by atoms with E-state index in [1.165, 1.54) is 6.07 Å². The lowest BCUT2D eigenvalue weighted by Gasteiger charge is -2.01. The largest absolute Gasteiger partial charge is 0.314 e. The summed E-state index contributed by atoms with van der Waals surface area (Å²) < 4.78 is 13.1. The molecule has 4 heteroatoms. The molecular weight excluding hydrogens is 223 g/mol. The molecule has 0 bridgehead atoms. The van der Waals surface area contributed by atoms with E-state index in [2.05, 4.69) is 10.3 Å². The van der Waals surface area contributed by atoms with Crippen molar-refractivity contribution >= 4 is 11.3 Å². The molecule has 0 radical (unpaired) electrons. The van der Waals surface area contributed by atoms with Crippen molar-refractivity contribution in [3.05, 3.63) is 40.8 Å². The van der Waals surface area contributed by atoms with Crippen molar-refractivity contribution in [2.24, 2.45) is 0 Å². The summed E-state index contributed by atoms with van der Waals surface area (Å²) in [7, 11) is 1.88. The Morgan fingerprint density at radius 3 is 2.94 bits per heavy atom. The fraction of sp³-hybridized carbons (Fsp3) is 0.250. The fourth-order valence-electron chi connectivity index (χ4n) is 1.61. The van der Waals surface area contributed by atoms with Crippen molar-refractivity contribution in [1.29, 1.82) is 0 Å². The van der Waals surface area contributed by atoms with Gasteiger partial charge in [-0.3, -0.25) is 0 Å². The first kappa shape index (κ1) is 11.2. The van der Waals surface area contributed by atoms with Gasteiger partial charge in [0.15, 0.2) is 0 Å². The van der Waals surface area contributed by atoms with Crippen molar-refractivity contribution in [3.8, 4) is 10.4 Å². The van der Waals surface area contributed by atoms with Crippen molar-refractivity contribution in [1.82, 2.24) is 10.3 Å². The highest BCUT2D eigenvalue weighted by molar-refractivity contribution is 7.15. The third-order valence-corrected chi connectivity index (χ3v) is 3.30. The number of hydrogen-bond donors (Lipinski definition) is 1. The van der Waals surface area contributed by atoms with Gasteiger partial charge in [0.1, 0.15) is 5.82 Å².